The number of hydrogen-bond acceptors (Lipinski definition) is 3. The molecule has 1 aromatic heterocycles. The number of aromatic amines is 1. The van der Waals surface area contributed by atoms with Crippen molar-refractivity contribution in [1.29, 1.82) is 0 Å². The van der Waals surface area contributed by atoms with Crippen LogP contribution in [0, 0.1) is 11.7 Å². The van der Waals surface area contributed by atoms with Crippen LogP contribution in [-0.2, 0) is 4.79 Å². The molecule has 2 fully saturated rings. The minimum absolute atomic E-state index is 0.0955. The number of H-pyrrole nitrogens is 1. The maximum Gasteiger partial charge on any atom is 0.271 e. The zero-order chi connectivity index (χ0) is 20.9. The van der Waals surface area contributed by atoms with E-state index in [0.29, 0.717) is 30.9 Å². The van der Waals surface area contributed by atoms with Gasteiger partial charge in [0.05, 0.1) is 5.69 Å². The van der Waals surface area contributed by atoms with Crippen LogP contribution in [0.5, 0.6) is 0 Å². The lowest BCUT2D eigenvalue weighted by Crippen LogP contribution is -2.46. The van der Waals surface area contributed by atoms with Crippen molar-refractivity contribution in [3.63, 3.8) is 0 Å². The number of nitrogens with one attached hydrogen (secondary N) is 2. The Kier molecular flexibility index (Phi) is 6.45. The molecule has 4 rings (SSSR count). The normalized spacial score (nSPS) is 18.0. The smallest absolute Gasteiger partial charge is 0.271 e. The van der Waals surface area contributed by atoms with Crippen LogP contribution in [0.1, 0.15) is 61.9 Å². The lowest BCUT2D eigenvalue weighted by atomic mass is 10.0. The summed E-state index contributed by atoms with van der Waals surface area (Å²) in [5, 5.41) is 10.1. The topological polar surface area (TPSA) is 78.1 Å². The molecule has 30 heavy (non-hydrogen) atoms. The fraction of sp³-hybridized carbons (Fsp3) is 0.522. The molecule has 0 radical (unpaired) electrons. The van der Waals surface area contributed by atoms with E-state index in [1.807, 2.05) is 0 Å². The lowest BCUT2D eigenvalue weighted by Gasteiger charge is -2.32. The quantitative estimate of drug-likeness (QED) is 0.755. The number of nitrogens with zero attached hydrogens (tertiary/aromatic N) is 2. The van der Waals surface area contributed by atoms with E-state index < -0.39 is 0 Å². The van der Waals surface area contributed by atoms with Crippen LogP contribution >= 0.6 is 0 Å². The van der Waals surface area contributed by atoms with E-state index in [4.69, 9.17) is 0 Å². The van der Waals surface area contributed by atoms with E-state index in [1.54, 1.807) is 23.1 Å². The first-order chi connectivity index (χ1) is 14.6. The average molecular weight is 413 g/mol. The van der Waals surface area contributed by atoms with Gasteiger partial charge in [-0.05, 0) is 55.5 Å². The monoisotopic (exact) mass is 412 g/mol. The van der Waals surface area contributed by atoms with Crippen LogP contribution in [0.25, 0.3) is 11.3 Å². The van der Waals surface area contributed by atoms with Crippen LogP contribution in [0.3, 0.4) is 0 Å². The number of halogens is 1. The summed E-state index contributed by atoms with van der Waals surface area (Å²) in [4.78, 5) is 26.8. The fourth-order valence-electron chi connectivity index (χ4n) is 4.53. The first kappa shape index (κ1) is 20.6. The molecule has 2 N–H and O–H groups in total. The Morgan fingerprint density at radius 3 is 2.50 bits per heavy atom. The van der Waals surface area contributed by atoms with Gasteiger partial charge in [0.2, 0.25) is 5.91 Å². The predicted molar refractivity (Wildman–Crippen MR) is 112 cm³/mol. The molecule has 2 heterocycles. The number of likely N-dealkylation sites (tertiary alicyclic amines) is 1. The lowest BCUT2D eigenvalue weighted by molar-refractivity contribution is -0.122. The molecule has 160 valence electrons. The molecule has 1 saturated heterocycles. The van der Waals surface area contributed by atoms with Gasteiger partial charge in [0.25, 0.3) is 5.91 Å². The predicted octanol–water partition coefficient (Wildman–Crippen LogP) is 3.91. The highest BCUT2D eigenvalue weighted by atomic mass is 19.1. The maximum atomic E-state index is 13.1. The second kappa shape index (κ2) is 9.41. The summed E-state index contributed by atoms with van der Waals surface area (Å²) in [6.07, 6.45) is 8.29. The molecule has 1 aliphatic carbocycles. The van der Waals surface area contributed by atoms with Gasteiger partial charge in [-0.15, -0.1) is 0 Å². The fourth-order valence-corrected chi connectivity index (χ4v) is 4.53. The summed E-state index contributed by atoms with van der Waals surface area (Å²) in [6.45, 7) is 1.22. The van der Waals surface area contributed by atoms with Gasteiger partial charge in [-0.3, -0.25) is 14.7 Å². The zero-order valence-electron chi connectivity index (χ0n) is 17.2. The summed E-state index contributed by atoms with van der Waals surface area (Å²) in [7, 11) is 0. The summed E-state index contributed by atoms with van der Waals surface area (Å²) in [5.74, 6) is 0.467. The molecule has 2 amide bonds. The molecule has 0 bridgehead atoms. The van der Waals surface area contributed by atoms with E-state index in [9.17, 15) is 14.0 Å². The summed E-state index contributed by atoms with van der Waals surface area (Å²) < 4.78 is 13.1. The van der Waals surface area contributed by atoms with Crippen LogP contribution in [0.2, 0.25) is 0 Å². The second-order valence-corrected chi connectivity index (χ2v) is 8.50. The average Bonchev–Trinajstić information content (AvgIpc) is 3.45. The van der Waals surface area contributed by atoms with Crippen LogP contribution in [-0.4, -0.2) is 46.0 Å². The summed E-state index contributed by atoms with van der Waals surface area (Å²) in [5.41, 5.74) is 1.79. The third-order valence-electron chi connectivity index (χ3n) is 6.35. The van der Waals surface area contributed by atoms with E-state index >= 15 is 0 Å². The first-order valence-electron chi connectivity index (χ1n) is 11.0. The SMILES string of the molecule is O=C(CCC1CCCC1)NC1CCN(C(=O)c2cc(-c3ccc(F)cc3)n[nH]2)CC1. The number of rotatable bonds is 6. The molecule has 2 aliphatic rings. The summed E-state index contributed by atoms with van der Waals surface area (Å²) >= 11 is 0. The van der Waals surface area contributed by atoms with Crippen molar-refractivity contribution in [1.82, 2.24) is 20.4 Å². The molecular weight excluding hydrogens is 383 g/mol. The Balaban J connectivity index is 1.24. The third kappa shape index (κ3) is 5.07. The highest BCUT2D eigenvalue weighted by Gasteiger charge is 2.26. The van der Waals surface area contributed by atoms with Crippen LogP contribution in [0.15, 0.2) is 30.3 Å². The summed E-state index contributed by atoms with van der Waals surface area (Å²) in [6, 6.07) is 7.87. The maximum absolute atomic E-state index is 13.1. The van der Waals surface area contributed by atoms with Crippen LogP contribution < -0.4 is 5.32 Å². The highest BCUT2D eigenvalue weighted by Crippen LogP contribution is 2.28. The Morgan fingerprint density at radius 2 is 1.80 bits per heavy atom. The van der Waals surface area contributed by atoms with Crippen molar-refractivity contribution < 1.29 is 14.0 Å². The van der Waals surface area contributed by atoms with Gasteiger partial charge in [-0.2, -0.15) is 5.10 Å². The number of aromatic nitrogens is 2. The number of hydrogen-bond donors (Lipinski definition) is 2. The van der Waals surface area contributed by atoms with E-state index in [1.165, 1.54) is 37.8 Å². The number of carbonyl (C=O) groups is 2. The van der Waals surface area contributed by atoms with Gasteiger partial charge < -0.3 is 10.2 Å². The highest BCUT2D eigenvalue weighted by molar-refractivity contribution is 5.93. The largest absolute Gasteiger partial charge is 0.353 e. The minimum Gasteiger partial charge on any atom is -0.353 e. The Morgan fingerprint density at radius 1 is 1.10 bits per heavy atom. The Bertz CT molecular complexity index is 866. The number of benzene rings is 1. The van der Waals surface area contributed by atoms with Gasteiger partial charge in [-0.25, -0.2) is 4.39 Å². The Labute approximate surface area is 176 Å². The Hall–Kier alpha value is -2.70. The van der Waals surface area contributed by atoms with Crippen molar-refractivity contribution in [2.45, 2.75) is 57.4 Å². The molecule has 1 aromatic carbocycles. The minimum atomic E-state index is -0.306. The zero-order valence-corrected chi connectivity index (χ0v) is 17.2. The molecule has 1 saturated carbocycles. The van der Waals surface area contributed by atoms with Crippen molar-refractivity contribution in [2.75, 3.05) is 13.1 Å². The standard InChI is InChI=1S/C23H29FN4O2/c24-18-8-6-17(7-9-18)20-15-21(27-26-20)23(30)28-13-11-19(12-14-28)25-22(29)10-5-16-3-1-2-4-16/h6-9,15-16,19H,1-5,10-14H2,(H,25,29)(H,26,27). The molecule has 2 aromatic rings. The van der Waals surface area contributed by atoms with Crippen molar-refractivity contribution in [3.05, 3.63) is 41.8 Å². The van der Waals surface area contributed by atoms with Crippen molar-refractivity contribution in [3.8, 4) is 11.3 Å². The van der Waals surface area contributed by atoms with Crippen LogP contribution in [0.4, 0.5) is 4.39 Å². The van der Waals surface area contributed by atoms with Gasteiger partial charge >= 0.3 is 0 Å². The number of amides is 2. The van der Waals surface area contributed by atoms with Gasteiger partial charge in [0, 0.05) is 31.1 Å². The third-order valence-corrected chi connectivity index (χ3v) is 6.35. The second-order valence-electron chi connectivity index (χ2n) is 8.50. The molecule has 6 nitrogen and oxygen atoms in total. The van der Waals surface area contributed by atoms with Crippen molar-refractivity contribution in [2.24, 2.45) is 5.92 Å². The molecular formula is C23H29FN4O2. The van der Waals surface area contributed by atoms with Gasteiger partial charge in [-0.1, -0.05) is 25.7 Å². The first-order valence-corrected chi connectivity index (χ1v) is 11.0. The van der Waals surface area contributed by atoms with Gasteiger partial charge in [0.1, 0.15) is 11.5 Å². The van der Waals surface area contributed by atoms with E-state index in [-0.39, 0.29) is 23.7 Å². The molecule has 7 heteroatoms. The van der Waals surface area contributed by atoms with Gasteiger partial charge in [0.15, 0.2) is 0 Å². The molecule has 1 aliphatic heterocycles. The van der Waals surface area contributed by atoms with Crippen molar-refractivity contribution >= 4 is 11.8 Å². The number of carbonyl (C=O) groups excluding carboxylic acids is 2. The van der Waals surface area contributed by atoms with E-state index in [0.717, 1.165) is 30.7 Å². The molecule has 0 spiro atoms. The van der Waals surface area contributed by atoms with E-state index in [2.05, 4.69) is 15.5 Å². The molecule has 0 atom stereocenters. The molecule has 0 unspecified atom stereocenters. The number of piperidine rings is 1.